The maximum absolute atomic E-state index is 10.8. The van der Waals surface area contributed by atoms with Gasteiger partial charge < -0.3 is 15.4 Å². The maximum Gasteiger partial charge on any atom is 0.386 e. The van der Waals surface area contributed by atoms with E-state index in [4.69, 9.17) is 0 Å². The number of nitrogens with one attached hydrogen (secondary N) is 1. The van der Waals surface area contributed by atoms with Crippen molar-refractivity contribution in [2.45, 2.75) is 38.6 Å². The van der Waals surface area contributed by atoms with Crippen LogP contribution in [0, 0.1) is 16.0 Å². The minimum Gasteiger partial charge on any atom is -0.375 e. The first-order valence-corrected chi connectivity index (χ1v) is 6.02. The average molecular weight is 235 g/mol. The van der Waals surface area contributed by atoms with Crippen molar-refractivity contribution in [1.82, 2.24) is 4.98 Å². The number of nitro groups is 1. The molecule has 0 amide bonds. The zero-order valence-electron chi connectivity index (χ0n) is 9.93. The Hall–Kier alpha value is -1.65. The van der Waals surface area contributed by atoms with Gasteiger partial charge in [0.25, 0.3) is 0 Å². The highest BCUT2D eigenvalue weighted by molar-refractivity contribution is 5.57. The van der Waals surface area contributed by atoms with Crippen molar-refractivity contribution in [3.8, 4) is 0 Å². The molecule has 2 rings (SSSR count). The summed E-state index contributed by atoms with van der Waals surface area (Å²) in [5.41, 5.74) is 0.539. The Morgan fingerprint density at radius 3 is 2.76 bits per heavy atom. The molecule has 0 atom stereocenters. The number of pyridine rings is 1. The molecule has 1 N–H and O–H groups in total. The quantitative estimate of drug-likeness (QED) is 0.646. The summed E-state index contributed by atoms with van der Waals surface area (Å²) in [4.78, 5) is 14.2. The van der Waals surface area contributed by atoms with Gasteiger partial charge in [0.2, 0.25) is 0 Å². The molecular formula is C12H17N3O2. The third kappa shape index (κ3) is 2.93. The van der Waals surface area contributed by atoms with Crippen LogP contribution in [0.5, 0.6) is 0 Å². The average Bonchev–Trinajstić information content (AvgIpc) is 2.32. The van der Waals surface area contributed by atoms with Crippen LogP contribution in [-0.4, -0.2) is 15.9 Å². The van der Waals surface area contributed by atoms with Gasteiger partial charge in [0.15, 0.2) is 0 Å². The molecule has 0 aromatic carbocycles. The largest absolute Gasteiger partial charge is 0.386 e. The Balaban J connectivity index is 2.05. The van der Waals surface area contributed by atoms with Crippen molar-refractivity contribution in [3.05, 3.63) is 28.4 Å². The van der Waals surface area contributed by atoms with Crippen LogP contribution in [0.4, 0.5) is 11.5 Å². The van der Waals surface area contributed by atoms with Crippen LogP contribution in [0.25, 0.3) is 0 Å². The Morgan fingerprint density at radius 1 is 1.41 bits per heavy atom. The van der Waals surface area contributed by atoms with Crippen molar-refractivity contribution in [2.24, 2.45) is 5.92 Å². The summed E-state index contributed by atoms with van der Waals surface area (Å²) in [7, 11) is 0. The minimum absolute atomic E-state index is 0.0777. The molecule has 92 valence electrons. The predicted octanol–water partition coefficient (Wildman–Crippen LogP) is 2.98. The summed E-state index contributed by atoms with van der Waals surface area (Å²) in [5, 5.41) is 14.1. The number of hydrogen-bond donors (Lipinski definition) is 1. The van der Waals surface area contributed by atoms with Gasteiger partial charge in [-0.2, -0.15) is 0 Å². The molecule has 1 saturated carbocycles. The molecule has 1 aromatic heterocycles. The molecule has 0 radical (unpaired) electrons. The van der Waals surface area contributed by atoms with Gasteiger partial charge in [0.05, 0.1) is 0 Å². The van der Waals surface area contributed by atoms with E-state index >= 15 is 0 Å². The van der Waals surface area contributed by atoms with Gasteiger partial charge in [-0.3, -0.25) is 0 Å². The maximum atomic E-state index is 10.8. The van der Waals surface area contributed by atoms with E-state index in [2.05, 4.69) is 17.2 Å². The predicted molar refractivity (Wildman–Crippen MR) is 65.9 cm³/mol. The topological polar surface area (TPSA) is 68.1 Å². The van der Waals surface area contributed by atoms with Gasteiger partial charge >= 0.3 is 5.82 Å². The lowest BCUT2D eigenvalue weighted by Crippen LogP contribution is -2.25. The lowest BCUT2D eigenvalue weighted by molar-refractivity contribution is -0.388. The first kappa shape index (κ1) is 11.8. The zero-order chi connectivity index (χ0) is 12.3. The molecule has 1 aliphatic rings. The van der Waals surface area contributed by atoms with E-state index in [-0.39, 0.29) is 5.82 Å². The number of aromatic nitrogens is 1. The zero-order valence-corrected chi connectivity index (χ0v) is 9.93. The molecule has 17 heavy (non-hydrogen) atoms. The summed E-state index contributed by atoms with van der Waals surface area (Å²) in [6.07, 6.45) is 5.98. The van der Waals surface area contributed by atoms with Crippen molar-refractivity contribution in [2.75, 3.05) is 5.32 Å². The fourth-order valence-corrected chi connectivity index (χ4v) is 2.28. The van der Waals surface area contributed by atoms with Crippen LogP contribution in [0.15, 0.2) is 18.3 Å². The molecule has 1 aliphatic carbocycles. The summed E-state index contributed by atoms with van der Waals surface area (Å²) in [5.74, 6) is 0.697. The lowest BCUT2D eigenvalue weighted by Gasteiger charge is -2.27. The van der Waals surface area contributed by atoms with Crippen LogP contribution in [0.3, 0.4) is 0 Å². The molecule has 1 aromatic rings. The second kappa shape index (κ2) is 5.12. The van der Waals surface area contributed by atoms with E-state index in [0.717, 1.165) is 18.8 Å². The van der Waals surface area contributed by atoms with Gasteiger partial charge in [-0.05, 0) is 53.6 Å². The lowest BCUT2D eigenvalue weighted by atomic mass is 9.87. The number of nitrogens with zero attached hydrogens (tertiary/aromatic N) is 2. The standard InChI is InChI=1S/C12H17N3O2/c1-9-4-6-10(7-5-9)14-11-3-2-8-13-12(11)15(16)17/h2-3,8-10,14H,4-7H2,1H3. The Labute approximate surface area is 100 Å². The number of rotatable bonds is 3. The third-order valence-electron chi connectivity index (χ3n) is 3.34. The number of hydrogen-bond acceptors (Lipinski definition) is 4. The molecule has 0 aliphatic heterocycles. The monoisotopic (exact) mass is 235 g/mol. The molecule has 0 spiro atoms. The van der Waals surface area contributed by atoms with Gasteiger partial charge in [-0.25, -0.2) is 0 Å². The molecule has 0 bridgehead atoms. The molecule has 0 saturated heterocycles. The highest BCUT2D eigenvalue weighted by Gasteiger charge is 2.21. The van der Waals surface area contributed by atoms with E-state index in [1.54, 1.807) is 12.1 Å². The van der Waals surface area contributed by atoms with Crippen molar-refractivity contribution in [1.29, 1.82) is 0 Å². The summed E-state index contributed by atoms with van der Waals surface area (Å²) >= 11 is 0. The molecule has 5 heteroatoms. The molecule has 5 nitrogen and oxygen atoms in total. The van der Waals surface area contributed by atoms with Gasteiger partial charge in [0, 0.05) is 6.04 Å². The summed E-state index contributed by atoms with van der Waals surface area (Å²) < 4.78 is 0. The van der Waals surface area contributed by atoms with Crippen LogP contribution in [-0.2, 0) is 0 Å². The van der Waals surface area contributed by atoms with E-state index < -0.39 is 4.92 Å². The van der Waals surface area contributed by atoms with Crippen molar-refractivity contribution in [3.63, 3.8) is 0 Å². The van der Waals surface area contributed by atoms with Crippen LogP contribution >= 0.6 is 0 Å². The minimum atomic E-state index is -0.437. The van der Waals surface area contributed by atoms with Gasteiger partial charge in [-0.1, -0.05) is 6.92 Å². The molecule has 1 heterocycles. The van der Waals surface area contributed by atoms with Crippen molar-refractivity contribution < 1.29 is 4.92 Å². The van der Waals surface area contributed by atoms with Crippen molar-refractivity contribution >= 4 is 11.5 Å². The van der Waals surface area contributed by atoms with Crippen LogP contribution in [0.1, 0.15) is 32.6 Å². The summed E-state index contributed by atoms with van der Waals surface area (Å²) in [6.45, 7) is 2.25. The third-order valence-corrected chi connectivity index (χ3v) is 3.34. The Morgan fingerprint density at radius 2 is 2.12 bits per heavy atom. The second-order valence-corrected chi connectivity index (χ2v) is 4.73. The smallest absolute Gasteiger partial charge is 0.375 e. The second-order valence-electron chi connectivity index (χ2n) is 4.73. The highest BCUT2D eigenvalue weighted by Crippen LogP contribution is 2.28. The van der Waals surface area contributed by atoms with E-state index in [0.29, 0.717) is 11.7 Å². The first-order chi connectivity index (χ1) is 8.16. The Kier molecular flexibility index (Phi) is 3.56. The van der Waals surface area contributed by atoms with Crippen LogP contribution in [0.2, 0.25) is 0 Å². The van der Waals surface area contributed by atoms with Gasteiger partial charge in [0.1, 0.15) is 11.9 Å². The molecule has 1 fully saturated rings. The fraction of sp³-hybridized carbons (Fsp3) is 0.583. The summed E-state index contributed by atoms with van der Waals surface area (Å²) in [6, 6.07) is 3.79. The first-order valence-electron chi connectivity index (χ1n) is 6.02. The van der Waals surface area contributed by atoms with E-state index in [9.17, 15) is 10.1 Å². The van der Waals surface area contributed by atoms with E-state index in [1.165, 1.54) is 19.0 Å². The van der Waals surface area contributed by atoms with E-state index in [1.807, 2.05) is 0 Å². The van der Waals surface area contributed by atoms with Crippen LogP contribution < -0.4 is 5.32 Å². The SMILES string of the molecule is CC1CCC(Nc2cccnc2[N+](=O)[O-])CC1. The Bertz CT molecular complexity index is 400. The molecule has 0 unspecified atom stereocenters. The molecular weight excluding hydrogens is 218 g/mol. The highest BCUT2D eigenvalue weighted by atomic mass is 16.6. The normalized spacial score (nSPS) is 24.3. The van der Waals surface area contributed by atoms with Gasteiger partial charge in [-0.15, -0.1) is 0 Å². The fourth-order valence-electron chi connectivity index (χ4n) is 2.28. The number of anilines is 1.